The molecule has 3 aliphatic rings. The number of fused-ring (bicyclic) bond motifs is 1. The van der Waals surface area contributed by atoms with Crippen molar-refractivity contribution in [2.45, 2.75) is 79.1 Å². The van der Waals surface area contributed by atoms with Gasteiger partial charge in [0.05, 0.1) is 24.1 Å². The van der Waals surface area contributed by atoms with Gasteiger partial charge >= 0.3 is 0 Å². The molecule has 0 saturated carbocycles. The molecule has 0 bridgehead atoms. The van der Waals surface area contributed by atoms with E-state index in [2.05, 4.69) is 10.6 Å². The molecule has 0 aromatic heterocycles. The van der Waals surface area contributed by atoms with Crippen LogP contribution in [0.15, 0.2) is 0 Å². The Morgan fingerprint density at radius 2 is 2.00 bits per heavy atom. The van der Waals surface area contributed by atoms with Crippen LogP contribution in [0.5, 0.6) is 0 Å². The van der Waals surface area contributed by atoms with E-state index in [0.29, 0.717) is 0 Å². The minimum atomic E-state index is -2.83. The Morgan fingerprint density at radius 1 is 1.30 bits per heavy atom. The van der Waals surface area contributed by atoms with E-state index in [0.717, 1.165) is 11.8 Å². The molecule has 3 fully saturated rings. The number of carbonyl (C=O) groups excluding carboxylic acids is 1. The molecule has 2 unspecified atom stereocenters. The minimum Gasteiger partial charge on any atom is -0.388 e. The number of hydrogen-bond donors (Lipinski definition) is 5. The number of alkyl halides is 3. The highest BCUT2D eigenvalue weighted by atomic mass is 35.5. The third-order valence-corrected chi connectivity index (χ3v) is 7.14. The van der Waals surface area contributed by atoms with Crippen molar-refractivity contribution in [1.82, 2.24) is 10.6 Å². The van der Waals surface area contributed by atoms with Crippen molar-refractivity contribution in [2.75, 3.05) is 19.4 Å². The molecule has 0 aromatic rings. The van der Waals surface area contributed by atoms with Crippen LogP contribution in [0, 0.1) is 5.92 Å². The van der Waals surface area contributed by atoms with Crippen LogP contribution in [0.4, 0.5) is 8.78 Å². The quantitative estimate of drug-likeness (QED) is 0.344. The highest BCUT2D eigenvalue weighted by Gasteiger charge is 2.51. The summed E-state index contributed by atoms with van der Waals surface area (Å²) in [5.41, 5.74) is -0.815. The van der Waals surface area contributed by atoms with Crippen molar-refractivity contribution < 1.29 is 38.4 Å². The maximum absolute atomic E-state index is 13.9. The number of ether oxygens (including phenoxy) is 2. The summed E-state index contributed by atoms with van der Waals surface area (Å²) < 4.78 is 39.0. The molecule has 12 heteroatoms. The number of carbonyl (C=O) groups is 1. The lowest BCUT2D eigenvalue weighted by molar-refractivity contribution is -0.205. The van der Waals surface area contributed by atoms with Crippen LogP contribution in [-0.2, 0) is 14.3 Å². The minimum absolute atomic E-state index is 0.140. The van der Waals surface area contributed by atoms with E-state index in [9.17, 15) is 28.9 Å². The van der Waals surface area contributed by atoms with E-state index < -0.39 is 71.2 Å². The lowest BCUT2D eigenvalue weighted by Crippen LogP contribution is -2.65. The lowest BCUT2D eigenvalue weighted by atomic mass is 9.92. The first-order valence-electron chi connectivity index (χ1n) is 9.95. The molecule has 3 aliphatic heterocycles. The predicted octanol–water partition coefficient (Wildman–Crippen LogP) is -0.329. The Hall–Kier alpha value is -0.270. The van der Waals surface area contributed by atoms with Gasteiger partial charge in [0.25, 0.3) is 5.92 Å². The van der Waals surface area contributed by atoms with E-state index >= 15 is 0 Å². The van der Waals surface area contributed by atoms with Gasteiger partial charge in [0.15, 0.2) is 0 Å². The first kappa shape index (κ1) is 24.4. The van der Waals surface area contributed by atoms with E-state index in [1.165, 1.54) is 0 Å². The van der Waals surface area contributed by atoms with E-state index in [1.807, 2.05) is 0 Å². The van der Waals surface area contributed by atoms with E-state index in [1.54, 1.807) is 13.2 Å². The number of halogens is 3. The van der Waals surface area contributed by atoms with Crippen molar-refractivity contribution in [1.29, 1.82) is 0 Å². The van der Waals surface area contributed by atoms with Crippen LogP contribution in [0.25, 0.3) is 0 Å². The molecule has 1 amide bonds. The summed E-state index contributed by atoms with van der Waals surface area (Å²) in [4.78, 5) is 13.0. The van der Waals surface area contributed by atoms with Crippen molar-refractivity contribution in [3.63, 3.8) is 0 Å². The third kappa shape index (κ3) is 5.03. The maximum atomic E-state index is 13.9. The number of nitrogens with one attached hydrogen (secondary N) is 2. The van der Waals surface area contributed by atoms with E-state index in [4.69, 9.17) is 21.1 Å². The molecular formula is C18H29ClF2N2O6S. The Labute approximate surface area is 183 Å². The first-order chi connectivity index (χ1) is 14.1. The Kier molecular flexibility index (Phi) is 7.88. The number of rotatable bonds is 5. The Bertz CT molecular complexity index is 619. The molecular weight excluding hydrogens is 446 g/mol. The number of amides is 1. The van der Waals surface area contributed by atoms with Crippen LogP contribution in [-0.4, -0.2) is 100.0 Å². The smallest absolute Gasteiger partial charge is 0.250 e. The molecule has 3 heterocycles. The fraction of sp³-hybridized carbons (Fsp3) is 0.944. The average molecular weight is 475 g/mol. The van der Waals surface area contributed by atoms with Gasteiger partial charge in [-0.3, -0.25) is 4.79 Å². The molecule has 0 spiro atoms. The highest BCUT2D eigenvalue weighted by molar-refractivity contribution is 7.99. The SMILES string of the molecule is CSC1O[C@H]([C@H](NC(=O)[C@H]2NC[C@@H]3CC(F)(F)CCO[C@H]32)[C@H](C)Cl)C(O)[C@@H](O)[C@H]1O. The van der Waals surface area contributed by atoms with Crippen molar-refractivity contribution in [3.05, 3.63) is 0 Å². The number of aliphatic hydroxyl groups is 3. The van der Waals surface area contributed by atoms with Crippen LogP contribution in [0.3, 0.4) is 0 Å². The maximum Gasteiger partial charge on any atom is 0.250 e. The zero-order valence-electron chi connectivity index (χ0n) is 16.7. The van der Waals surface area contributed by atoms with Crippen LogP contribution in [0.2, 0.25) is 0 Å². The van der Waals surface area contributed by atoms with Crippen LogP contribution in [0.1, 0.15) is 19.8 Å². The summed E-state index contributed by atoms with van der Waals surface area (Å²) in [6.07, 6.45) is -5.09. The fourth-order valence-electron chi connectivity index (χ4n) is 4.35. The molecule has 0 aromatic carbocycles. The third-order valence-electron chi connectivity index (χ3n) is 6.01. The van der Waals surface area contributed by atoms with Crippen molar-refractivity contribution in [2.24, 2.45) is 5.92 Å². The molecule has 5 N–H and O–H groups in total. The van der Waals surface area contributed by atoms with Crippen LogP contribution < -0.4 is 10.6 Å². The molecule has 10 atom stereocenters. The summed E-state index contributed by atoms with van der Waals surface area (Å²) in [5, 5.41) is 35.6. The van der Waals surface area contributed by atoms with Gasteiger partial charge < -0.3 is 35.4 Å². The van der Waals surface area contributed by atoms with Crippen LogP contribution >= 0.6 is 23.4 Å². The van der Waals surface area contributed by atoms with Gasteiger partial charge in [-0.1, -0.05) is 0 Å². The molecule has 0 aliphatic carbocycles. The van der Waals surface area contributed by atoms with E-state index in [-0.39, 0.29) is 26.0 Å². The van der Waals surface area contributed by atoms with Crippen molar-refractivity contribution in [3.8, 4) is 0 Å². The Balaban J connectivity index is 1.71. The first-order valence-corrected chi connectivity index (χ1v) is 11.7. The van der Waals surface area contributed by atoms with Gasteiger partial charge in [-0.15, -0.1) is 23.4 Å². The zero-order chi connectivity index (χ0) is 22.2. The number of thioether (sulfide) groups is 1. The van der Waals surface area contributed by atoms with Gasteiger partial charge in [-0.25, -0.2) is 8.78 Å². The summed E-state index contributed by atoms with van der Waals surface area (Å²) in [6, 6.07) is -1.76. The summed E-state index contributed by atoms with van der Waals surface area (Å²) in [5.74, 6) is -3.84. The monoisotopic (exact) mass is 474 g/mol. The topological polar surface area (TPSA) is 120 Å². The van der Waals surface area contributed by atoms with Gasteiger partial charge in [-0.2, -0.15) is 0 Å². The molecule has 0 radical (unpaired) electrons. The van der Waals surface area contributed by atoms with Gasteiger partial charge in [0.2, 0.25) is 5.91 Å². The fourth-order valence-corrected chi connectivity index (χ4v) is 5.24. The number of hydrogen-bond acceptors (Lipinski definition) is 8. The summed E-state index contributed by atoms with van der Waals surface area (Å²) in [7, 11) is 0. The molecule has 3 rings (SSSR count). The summed E-state index contributed by atoms with van der Waals surface area (Å²) >= 11 is 7.41. The molecule has 30 heavy (non-hydrogen) atoms. The van der Waals surface area contributed by atoms with Gasteiger partial charge in [0.1, 0.15) is 35.9 Å². The standard InChI is InChI=1S/C18H29ClF2N2O6S/c1-7(19)9(15-12(25)11(24)13(26)17(29-15)30-2)23-16(27)10-14-8(6-22-10)5-18(20,21)3-4-28-14/h7-15,17,22,24-26H,3-6H2,1-2H3,(H,23,27)/t7-,8-,9+,10-,11+,12?,13+,14+,15+,17?/m0/s1. The largest absolute Gasteiger partial charge is 0.388 e. The zero-order valence-corrected chi connectivity index (χ0v) is 18.3. The second-order valence-electron chi connectivity index (χ2n) is 8.18. The predicted molar refractivity (Wildman–Crippen MR) is 107 cm³/mol. The second-order valence-corrected chi connectivity index (χ2v) is 9.80. The Morgan fingerprint density at radius 3 is 2.63 bits per heavy atom. The highest BCUT2D eigenvalue weighted by Crippen LogP contribution is 2.36. The molecule has 174 valence electrons. The normalized spacial score (nSPS) is 43.3. The number of aliphatic hydroxyl groups excluding tert-OH is 3. The lowest BCUT2D eigenvalue weighted by Gasteiger charge is -2.44. The second kappa shape index (κ2) is 9.70. The molecule has 3 saturated heterocycles. The van der Waals surface area contributed by atoms with Gasteiger partial charge in [0, 0.05) is 25.3 Å². The molecule has 8 nitrogen and oxygen atoms in total. The summed E-state index contributed by atoms with van der Waals surface area (Å²) in [6.45, 7) is 1.68. The average Bonchev–Trinajstić information content (AvgIpc) is 2.99. The van der Waals surface area contributed by atoms with Gasteiger partial charge in [-0.05, 0) is 13.2 Å². The van der Waals surface area contributed by atoms with Crippen molar-refractivity contribution >= 4 is 29.3 Å².